The normalized spacial score (nSPS) is 23.8. The Morgan fingerprint density at radius 3 is 2.03 bits per heavy atom. The van der Waals surface area contributed by atoms with Crippen LogP contribution in [0, 0.1) is 11.1 Å². The molecule has 0 bridgehead atoms. The van der Waals surface area contributed by atoms with Crippen molar-refractivity contribution in [3.05, 3.63) is 64.9 Å². The molecule has 0 saturated carbocycles. The third kappa shape index (κ3) is 3.28. The lowest BCUT2D eigenvalue weighted by Crippen LogP contribution is -2.53. The quantitative estimate of drug-likeness (QED) is 0.772. The highest BCUT2D eigenvalue weighted by Crippen LogP contribution is 2.46. The third-order valence-electron chi connectivity index (χ3n) is 6.79. The first kappa shape index (κ1) is 21.3. The summed E-state index contributed by atoms with van der Waals surface area (Å²) in [6.45, 7) is 6.56. The molecule has 7 heteroatoms. The molecular formula is C24H27N2O5-. The number of amides is 1. The summed E-state index contributed by atoms with van der Waals surface area (Å²) in [7, 11) is 0. The topological polar surface area (TPSA) is 102 Å². The van der Waals surface area contributed by atoms with Crippen LogP contribution < -0.4 is 5.32 Å². The predicted molar refractivity (Wildman–Crippen MR) is 116 cm³/mol. The number of nitrogens with zero attached hydrogens (tertiary/aromatic N) is 1. The number of hydrogen-bond donors (Lipinski definition) is 2. The van der Waals surface area contributed by atoms with Crippen LogP contribution in [-0.4, -0.2) is 46.0 Å². The number of alkyl carbamates (subject to hydrolysis) is 1. The van der Waals surface area contributed by atoms with Crippen LogP contribution in [0.2, 0.25) is 0 Å². The van der Waals surface area contributed by atoms with Gasteiger partial charge in [-0.25, -0.2) is 4.79 Å². The molecule has 0 radical (unpaired) electrons. The molecule has 7 nitrogen and oxygen atoms in total. The van der Waals surface area contributed by atoms with Crippen LogP contribution in [-0.2, 0) is 9.53 Å². The SMILES string of the molecule is CC1(C)C(NC(=O)OCC2c3ccccc3-c3ccccc32)C(C(=O)O)C(C)(C)N1[O-]. The summed E-state index contributed by atoms with van der Waals surface area (Å²) in [6.07, 6.45) is -0.725. The summed E-state index contributed by atoms with van der Waals surface area (Å²) in [5, 5.41) is 25.9. The summed E-state index contributed by atoms with van der Waals surface area (Å²) in [6, 6.07) is 15.1. The summed E-state index contributed by atoms with van der Waals surface area (Å²) in [5.41, 5.74) is 2.16. The van der Waals surface area contributed by atoms with E-state index >= 15 is 0 Å². The zero-order valence-corrected chi connectivity index (χ0v) is 18.1. The summed E-state index contributed by atoms with van der Waals surface area (Å²) < 4.78 is 5.56. The van der Waals surface area contributed by atoms with E-state index in [0.717, 1.165) is 27.3 Å². The molecule has 1 saturated heterocycles. The Morgan fingerprint density at radius 2 is 1.52 bits per heavy atom. The molecule has 2 aliphatic rings. The highest BCUT2D eigenvalue weighted by molar-refractivity contribution is 5.79. The number of rotatable bonds is 4. The van der Waals surface area contributed by atoms with Crippen molar-refractivity contribution in [2.24, 2.45) is 5.92 Å². The zero-order valence-electron chi connectivity index (χ0n) is 18.1. The minimum absolute atomic E-state index is 0.0996. The maximum atomic E-state index is 12.8. The van der Waals surface area contributed by atoms with E-state index in [-0.39, 0.29) is 12.5 Å². The Bertz CT molecular complexity index is 987. The standard InChI is InChI=1S/C24H27N2O5/c1-23(2)19(21(27)28)20(24(3,4)26(23)30)25-22(29)31-13-18-16-11-7-5-9-14(16)15-10-6-8-12-17(15)18/h5-12,18-20H,13H2,1-4H3,(H,25,29)(H,27,28)/q-1. The van der Waals surface area contributed by atoms with Gasteiger partial charge in [-0.3, -0.25) is 4.79 Å². The van der Waals surface area contributed by atoms with E-state index < -0.39 is 35.1 Å². The first-order valence-electron chi connectivity index (χ1n) is 10.4. The molecule has 1 amide bonds. The molecule has 2 N–H and O–H groups in total. The maximum absolute atomic E-state index is 12.8. The van der Waals surface area contributed by atoms with E-state index in [0.29, 0.717) is 0 Å². The molecule has 31 heavy (non-hydrogen) atoms. The fourth-order valence-electron chi connectivity index (χ4n) is 5.28. The molecule has 1 fully saturated rings. The lowest BCUT2D eigenvalue weighted by Gasteiger charge is -2.47. The second-order valence-corrected chi connectivity index (χ2v) is 9.37. The van der Waals surface area contributed by atoms with Crippen LogP contribution in [0.25, 0.3) is 11.1 Å². The van der Waals surface area contributed by atoms with Crippen LogP contribution in [0.1, 0.15) is 44.7 Å². The molecule has 1 aliphatic heterocycles. The van der Waals surface area contributed by atoms with Gasteiger partial charge in [-0.05, 0) is 49.9 Å². The van der Waals surface area contributed by atoms with Gasteiger partial charge in [-0.1, -0.05) is 48.5 Å². The number of hydroxylamine groups is 2. The smallest absolute Gasteiger partial charge is 0.407 e. The maximum Gasteiger partial charge on any atom is 0.407 e. The molecule has 0 spiro atoms. The van der Waals surface area contributed by atoms with Gasteiger partial charge in [-0.15, -0.1) is 0 Å². The lowest BCUT2D eigenvalue weighted by atomic mass is 9.82. The van der Waals surface area contributed by atoms with Crippen LogP contribution in [0.4, 0.5) is 4.79 Å². The van der Waals surface area contributed by atoms with E-state index in [4.69, 9.17) is 4.74 Å². The number of nitrogens with one attached hydrogen (secondary N) is 1. The van der Waals surface area contributed by atoms with E-state index in [1.165, 1.54) is 0 Å². The molecule has 0 aromatic heterocycles. The van der Waals surface area contributed by atoms with Gasteiger partial charge in [0.15, 0.2) is 0 Å². The molecule has 2 aromatic rings. The number of aliphatic carboxylic acids is 1. The largest absolute Gasteiger partial charge is 0.784 e. The Morgan fingerprint density at radius 1 is 1.00 bits per heavy atom. The Hall–Kier alpha value is -2.90. The molecule has 1 aliphatic carbocycles. The van der Waals surface area contributed by atoms with Crippen molar-refractivity contribution in [3.8, 4) is 11.1 Å². The Balaban J connectivity index is 1.52. The first-order chi connectivity index (χ1) is 14.6. The van der Waals surface area contributed by atoms with Gasteiger partial charge in [0.2, 0.25) is 0 Å². The fourth-order valence-corrected chi connectivity index (χ4v) is 5.28. The average Bonchev–Trinajstić information content (AvgIpc) is 3.10. The molecular weight excluding hydrogens is 396 g/mol. The van der Waals surface area contributed by atoms with Crippen molar-refractivity contribution in [2.45, 2.75) is 50.7 Å². The Kier molecular flexibility index (Phi) is 5.06. The van der Waals surface area contributed by atoms with Crippen molar-refractivity contribution in [3.63, 3.8) is 0 Å². The minimum atomic E-state index is -1.17. The zero-order chi connectivity index (χ0) is 22.6. The van der Waals surface area contributed by atoms with Crippen LogP contribution in [0.15, 0.2) is 48.5 Å². The van der Waals surface area contributed by atoms with Crippen molar-refractivity contribution in [1.82, 2.24) is 10.4 Å². The van der Waals surface area contributed by atoms with Crippen molar-refractivity contribution >= 4 is 12.1 Å². The number of fused-ring (bicyclic) bond motifs is 3. The number of carbonyl (C=O) groups is 2. The molecule has 4 rings (SSSR count). The van der Waals surface area contributed by atoms with Gasteiger partial charge in [0.05, 0.1) is 12.0 Å². The van der Waals surface area contributed by atoms with E-state index in [9.17, 15) is 19.9 Å². The Labute approximate surface area is 181 Å². The van der Waals surface area contributed by atoms with E-state index in [1.54, 1.807) is 27.7 Å². The summed E-state index contributed by atoms with van der Waals surface area (Å²) in [5.74, 6) is -2.29. The van der Waals surface area contributed by atoms with Crippen molar-refractivity contribution in [2.75, 3.05) is 6.61 Å². The molecule has 2 aromatic carbocycles. The van der Waals surface area contributed by atoms with Crippen LogP contribution in [0.3, 0.4) is 0 Å². The molecule has 164 valence electrons. The van der Waals surface area contributed by atoms with Crippen LogP contribution in [0.5, 0.6) is 0 Å². The van der Waals surface area contributed by atoms with Crippen LogP contribution >= 0.6 is 0 Å². The lowest BCUT2D eigenvalue weighted by molar-refractivity contribution is -0.144. The number of benzene rings is 2. The molecule has 2 atom stereocenters. The predicted octanol–water partition coefficient (Wildman–Crippen LogP) is 3.97. The number of hydrogen-bond acceptors (Lipinski definition) is 5. The monoisotopic (exact) mass is 423 g/mol. The van der Waals surface area contributed by atoms with Gasteiger partial charge in [0, 0.05) is 17.0 Å². The van der Waals surface area contributed by atoms with Gasteiger partial charge in [0.1, 0.15) is 6.61 Å². The van der Waals surface area contributed by atoms with Crippen molar-refractivity contribution in [1.29, 1.82) is 0 Å². The number of carboxylic acids is 1. The fraction of sp³-hybridized carbons (Fsp3) is 0.417. The second-order valence-electron chi connectivity index (χ2n) is 9.37. The average molecular weight is 423 g/mol. The number of ether oxygens (including phenoxy) is 1. The van der Waals surface area contributed by atoms with Gasteiger partial charge < -0.3 is 25.4 Å². The van der Waals surface area contributed by atoms with E-state index in [1.807, 2.05) is 36.4 Å². The minimum Gasteiger partial charge on any atom is -0.784 e. The summed E-state index contributed by atoms with van der Waals surface area (Å²) >= 11 is 0. The third-order valence-corrected chi connectivity index (χ3v) is 6.79. The molecule has 2 unspecified atom stereocenters. The number of carbonyl (C=O) groups excluding carboxylic acids is 1. The second kappa shape index (κ2) is 7.35. The molecule has 1 heterocycles. The van der Waals surface area contributed by atoms with Crippen molar-refractivity contribution < 1.29 is 19.4 Å². The highest BCUT2D eigenvalue weighted by atomic mass is 16.5. The summed E-state index contributed by atoms with van der Waals surface area (Å²) in [4.78, 5) is 24.6. The highest BCUT2D eigenvalue weighted by Gasteiger charge is 2.58. The van der Waals surface area contributed by atoms with Gasteiger partial charge in [-0.2, -0.15) is 0 Å². The first-order valence-corrected chi connectivity index (χ1v) is 10.4. The van der Waals surface area contributed by atoms with Gasteiger partial charge in [0.25, 0.3) is 0 Å². The van der Waals surface area contributed by atoms with E-state index in [2.05, 4.69) is 17.4 Å². The van der Waals surface area contributed by atoms with Gasteiger partial charge >= 0.3 is 12.1 Å². The number of carboxylic acid groups (broad SMARTS) is 1.